The van der Waals surface area contributed by atoms with E-state index in [1.165, 1.54) is 25.9 Å². The van der Waals surface area contributed by atoms with Crippen molar-refractivity contribution in [3.8, 4) is 0 Å². The minimum absolute atomic E-state index is 0.0807. The van der Waals surface area contributed by atoms with E-state index in [-0.39, 0.29) is 17.5 Å². The Morgan fingerprint density at radius 1 is 1.33 bits per heavy atom. The van der Waals surface area contributed by atoms with Crippen molar-refractivity contribution in [2.75, 3.05) is 32.7 Å². The molecule has 106 valence electrons. The molecule has 0 saturated carbocycles. The van der Waals surface area contributed by atoms with Crippen LogP contribution in [-0.2, 0) is 9.53 Å². The lowest BCUT2D eigenvalue weighted by Crippen LogP contribution is -2.36. The number of likely N-dealkylation sites (tertiary alicyclic amines) is 1. The third kappa shape index (κ3) is 6.36. The molecule has 0 spiro atoms. The van der Waals surface area contributed by atoms with Crippen LogP contribution in [0.1, 0.15) is 40.5 Å². The third-order valence-corrected chi connectivity index (χ3v) is 3.06. The van der Waals surface area contributed by atoms with Crippen LogP contribution in [0.3, 0.4) is 0 Å². The molecule has 0 unspecified atom stereocenters. The largest absolute Gasteiger partial charge is 0.460 e. The highest BCUT2D eigenvalue weighted by molar-refractivity contribution is 5.72. The average Bonchev–Trinajstić information content (AvgIpc) is 2.74. The maximum absolute atomic E-state index is 11.7. The van der Waals surface area contributed by atoms with Gasteiger partial charge in [0.05, 0.1) is 5.92 Å². The van der Waals surface area contributed by atoms with Gasteiger partial charge in [0.15, 0.2) is 0 Å². The number of ether oxygens (including phenoxy) is 1. The van der Waals surface area contributed by atoms with E-state index in [1.54, 1.807) is 0 Å². The zero-order valence-electron chi connectivity index (χ0n) is 12.3. The first-order chi connectivity index (χ1) is 8.38. The van der Waals surface area contributed by atoms with Crippen LogP contribution >= 0.6 is 0 Å². The van der Waals surface area contributed by atoms with Gasteiger partial charge in [0, 0.05) is 19.6 Å². The van der Waals surface area contributed by atoms with Gasteiger partial charge in [-0.2, -0.15) is 0 Å². The highest BCUT2D eigenvalue weighted by Crippen LogP contribution is 2.10. The number of rotatable bonds is 6. The number of nitrogens with zero attached hydrogens (tertiary/aromatic N) is 1. The van der Waals surface area contributed by atoms with Gasteiger partial charge in [-0.1, -0.05) is 6.92 Å². The molecule has 0 bridgehead atoms. The Labute approximate surface area is 111 Å². The smallest absolute Gasteiger partial charge is 0.310 e. The molecule has 0 amide bonds. The molecule has 18 heavy (non-hydrogen) atoms. The zero-order chi connectivity index (χ0) is 13.6. The first-order valence-corrected chi connectivity index (χ1v) is 7.04. The second-order valence-electron chi connectivity index (χ2n) is 6.19. The van der Waals surface area contributed by atoms with E-state index in [0.717, 1.165) is 13.1 Å². The third-order valence-electron chi connectivity index (χ3n) is 3.06. The SMILES string of the molecule is C[C@@H](CNCCN1CCCC1)C(=O)OC(C)(C)C. The predicted molar refractivity (Wildman–Crippen MR) is 73.6 cm³/mol. The molecule has 1 saturated heterocycles. The highest BCUT2D eigenvalue weighted by atomic mass is 16.6. The van der Waals surface area contributed by atoms with Crippen LogP contribution in [-0.4, -0.2) is 49.2 Å². The topological polar surface area (TPSA) is 41.6 Å². The number of carbonyl (C=O) groups excluding carboxylic acids is 1. The molecule has 0 aliphatic carbocycles. The van der Waals surface area contributed by atoms with Gasteiger partial charge in [-0.15, -0.1) is 0 Å². The van der Waals surface area contributed by atoms with Gasteiger partial charge in [-0.25, -0.2) is 0 Å². The molecule has 1 aliphatic heterocycles. The molecule has 0 radical (unpaired) electrons. The lowest BCUT2D eigenvalue weighted by molar-refractivity contribution is -0.159. The van der Waals surface area contributed by atoms with Crippen LogP contribution in [0.25, 0.3) is 0 Å². The number of hydrogen-bond donors (Lipinski definition) is 1. The zero-order valence-corrected chi connectivity index (χ0v) is 12.3. The Morgan fingerprint density at radius 2 is 1.94 bits per heavy atom. The van der Waals surface area contributed by atoms with Gasteiger partial charge in [0.1, 0.15) is 5.60 Å². The van der Waals surface area contributed by atoms with Crippen LogP contribution in [0, 0.1) is 5.92 Å². The fourth-order valence-corrected chi connectivity index (χ4v) is 2.05. The summed E-state index contributed by atoms with van der Waals surface area (Å²) in [6.45, 7) is 12.8. The van der Waals surface area contributed by atoms with Crippen molar-refractivity contribution in [3.05, 3.63) is 0 Å². The molecule has 1 atom stereocenters. The van der Waals surface area contributed by atoms with Crippen molar-refractivity contribution < 1.29 is 9.53 Å². The summed E-state index contributed by atoms with van der Waals surface area (Å²) < 4.78 is 5.34. The van der Waals surface area contributed by atoms with Gasteiger partial charge in [-0.05, 0) is 46.7 Å². The second kappa shape index (κ2) is 7.10. The Morgan fingerprint density at radius 3 is 2.50 bits per heavy atom. The molecule has 1 fully saturated rings. The second-order valence-corrected chi connectivity index (χ2v) is 6.19. The van der Waals surface area contributed by atoms with Crippen molar-refractivity contribution in [2.24, 2.45) is 5.92 Å². The summed E-state index contributed by atoms with van der Waals surface area (Å²) in [5.74, 6) is -0.195. The molecular formula is C14H28N2O2. The average molecular weight is 256 g/mol. The Hall–Kier alpha value is -0.610. The lowest BCUT2D eigenvalue weighted by Gasteiger charge is -2.22. The van der Waals surface area contributed by atoms with Crippen LogP contribution in [0.2, 0.25) is 0 Å². The summed E-state index contributed by atoms with van der Waals surface area (Å²) in [5, 5.41) is 3.34. The molecule has 0 aromatic heterocycles. The van der Waals surface area contributed by atoms with Gasteiger partial charge in [-0.3, -0.25) is 4.79 Å². The van der Waals surface area contributed by atoms with E-state index in [9.17, 15) is 4.79 Å². The minimum atomic E-state index is -0.388. The van der Waals surface area contributed by atoms with Gasteiger partial charge in [0.2, 0.25) is 0 Å². The molecule has 4 heteroatoms. The van der Waals surface area contributed by atoms with Crippen molar-refractivity contribution in [1.82, 2.24) is 10.2 Å². The van der Waals surface area contributed by atoms with Crippen molar-refractivity contribution in [1.29, 1.82) is 0 Å². The molecule has 0 aromatic rings. The monoisotopic (exact) mass is 256 g/mol. The molecule has 1 aliphatic rings. The minimum Gasteiger partial charge on any atom is -0.460 e. The number of esters is 1. The van der Waals surface area contributed by atoms with E-state index in [1.807, 2.05) is 27.7 Å². The van der Waals surface area contributed by atoms with E-state index in [4.69, 9.17) is 4.74 Å². The maximum Gasteiger partial charge on any atom is 0.310 e. The number of hydrogen-bond acceptors (Lipinski definition) is 4. The molecule has 4 nitrogen and oxygen atoms in total. The number of nitrogens with one attached hydrogen (secondary N) is 1. The van der Waals surface area contributed by atoms with Crippen LogP contribution in [0.15, 0.2) is 0 Å². The summed E-state index contributed by atoms with van der Waals surface area (Å²) in [4.78, 5) is 14.2. The van der Waals surface area contributed by atoms with Crippen LogP contribution in [0.4, 0.5) is 0 Å². The summed E-state index contributed by atoms with van der Waals surface area (Å²) in [6, 6.07) is 0. The van der Waals surface area contributed by atoms with Gasteiger partial charge < -0.3 is 15.0 Å². The summed E-state index contributed by atoms with van der Waals surface area (Å²) in [5.41, 5.74) is -0.388. The summed E-state index contributed by atoms with van der Waals surface area (Å²) in [6.07, 6.45) is 2.66. The molecule has 0 aromatic carbocycles. The van der Waals surface area contributed by atoms with Crippen molar-refractivity contribution >= 4 is 5.97 Å². The van der Waals surface area contributed by atoms with E-state index < -0.39 is 0 Å². The molecule has 1 rings (SSSR count). The summed E-state index contributed by atoms with van der Waals surface area (Å²) in [7, 11) is 0. The standard InChI is InChI=1S/C14H28N2O2/c1-12(13(17)18-14(2,3)4)11-15-7-10-16-8-5-6-9-16/h12,15H,5-11H2,1-4H3/t12-/m0/s1. The molecule has 1 heterocycles. The lowest BCUT2D eigenvalue weighted by atomic mass is 10.1. The Kier molecular flexibility index (Phi) is 6.09. The fraction of sp³-hybridized carbons (Fsp3) is 0.929. The number of carbonyl (C=O) groups is 1. The van der Waals surface area contributed by atoms with Gasteiger partial charge in [0.25, 0.3) is 0 Å². The van der Waals surface area contributed by atoms with Crippen molar-refractivity contribution in [3.63, 3.8) is 0 Å². The maximum atomic E-state index is 11.7. The summed E-state index contributed by atoms with van der Waals surface area (Å²) >= 11 is 0. The fourth-order valence-electron chi connectivity index (χ4n) is 2.05. The van der Waals surface area contributed by atoms with Crippen LogP contribution in [0.5, 0.6) is 0 Å². The quantitative estimate of drug-likeness (QED) is 0.579. The van der Waals surface area contributed by atoms with E-state index >= 15 is 0 Å². The van der Waals surface area contributed by atoms with E-state index in [2.05, 4.69) is 10.2 Å². The molecule has 1 N–H and O–H groups in total. The molecular weight excluding hydrogens is 228 g/mol. The normalized spacial score (nSPS) is 18.9. The Bertz CT molecular complexity index is 255. The van der Waals surface area contributed by atoms with E-state index in [0.29, 0.717) is 6.54 Å². The highest BCUT2D eigenvalue weighted by Gasteiger charge is 2.21. The van der Waals surface area contributed by atoms with Crippen molar-refractivity contribution in [2.45, 2.75) is 46.1 Å². The first kappa shape index (κ1) is 15.4. The predicted octanol–water partition coefficient (Wildman–Crippen LogP) is 1.65. The first-order valence-electron chi connectivity index (χ1n) is 7.04. The Balaban J connectivity index is 2.08. The van der Waals surface area contributed by atoms with Gasteiger partial charge >= 0.3 is 5.97 Å². The van der Waals surface area contributed by atoms with Crippen LogP contribution < -0.4 is 5.32 Å².